The molecule has 1 aromatic rings. The molecule has 0 saturated carbocycles. The molecule has 4 unspecified atom stereocenters. The molecule has 0 spiro atoms. The zero-order valence-electron chi connectivity index (χ0n) is 11.2. The van der Waals surface area contributed by atoms with Crippen LogP contribution in [-0.4, -0.2) is 29.3 Å². The Balaban J connectivity index is 1.77. The van der Waals surface area contributed by atoms with E-state index < -0.39 is 0 Å². The van der Waals surface area contributed by atoms with Crippen molar-refractivity contribution in [2.45, 2.75) is 57.2 Å². The molecule has 2 aliphatic heterocycles. The molecule has 2 fully saturated rings. The van der Waals surface area contributed by atoms with Crippen LogP contribution in [0, 0.1) is 5.92 Å². The van der Waals surface area contributed by atoms with Gasteiger partial charge in [-0.15, -0.1) is 0 Å². The number of aromatic nitrogens is 2. The van der Waals surface area contributed by atoms with E-state index in [1.807, 2.05) is 0 Å². The summed E-state index contributed by atoms with van der Waals surface area (Å²) in [5.74, 6) is 2.21. The lowest BCUT2D eigenvalue weighted by Crippen LogP contribution is -2.21. The van der Waals surface area contributed by atoms with Gasteiger partial charge in [-0.1, -0.05) is 19.0 Å². The molecule has 0 amide bonds. The molecule has 2 saturated heterocycles. The minimum atomic E-state index is -0.0750. The third kappa shape index (κ3) is 1.95. The van der Waals surface area contributed by atoms with Gasteiger partial charge in [-0.05, 0) is 25.2 Å². The van der Waals surface area contributed by atoms with Crippen molar-refractivity contribution in [1.29, 1.82) is 0 Å². The first-order valence-electron chi connectivity index (χ1n) is 6.81. The first-order chi connectivity index (χ1) is 8.69. The third-order valence-corrected chi connectivity index (χ3v) is 4.19. The van der Waals surface area contributed by atoms with Crippen molar-refractivity contribution in [2.75, 3.05) is 7.11 Å². The van der Waals surface area contributed by atoms with Crippen LogP contribution in [0.2, 0.25) is 0 Å². The largest absolute Gasteiger partial charge is 0.373 e. The molecule has 5 heteroatoms. The molecule has 100 valence electrons. The summed E-state index contributed by atoms with van der Waals surface area (Å²) in [6.07, 6.45) is 3.57. The van der Waals surface area contributed by atoms with E-state index in [0.717, 1.165) is 12.3 Å². The van der Waals surface area contributed by atoms with Crippen LogP contribution in [0.25, 0.3) is 0 Å². The van der Waals surface area contributed by atoms with Crippen molar-refractivity contribution in [3.63, 3.8) is 0 Å². The fourth-order valence-corrected chi connectivity index (χ4v) is 3.29. The van der Waals surface area contributed by atoms with Crippen LogP contribution in [0.4, 0.5) is 0 Å². The Morgan fingerprint density at radius 3 is 2.78 bits per heavy atom. The maximum atomic E-state index is 5.45. The SMILES string of the molecule is COC(c1noc(C2CC3CCC2N3)n1)C(C)C. The second-order valence-electron chi connectivity index (χ2n) is 5.78. The van der Waals surface area contributed by atoms with Crippen LogP contribution in [0.1, 0.15) is 56.8 Å². The second-order valence-corrected chi connectivity index (χ2v) is 5.78. The van der Waals surface area contributed by atoms with Gasteiger partial charge in [0, 0.05) is 19.2 Å². The van der Waals surface area contributed by atoms with Crippen LogP contribution in [0.3, 0.4) is 0 Å². The van der Waals surface area contributed by atoms with Crippen LogP contribution in [-0.2, 0) is 4.74 Å². The summed E-state index contributed by atoms with van der Waals surface area (Å²) in [6.45, 7) is 4.20. The Bertz CT molecular complexity index is 418. The van der Waals surface area contributed by atoms with E-state index in [1.54, 1.807) is 7.11 Å². The molecule has 0 aromatic carbocycles. The molecule has 18 heavy (non-hydrogen) atoms. The van der Waals surface area contributed by atoms with Gasteiger partial charge >= 0.3 is 0 Å². The molecule has 3 rings (SSSR count). The summed E-state index contributed by atoms with van der Waals surface area (Å²) in [7, 11) is 1.69. The van der Waals surface area contributed by atoms with E-state index in [9.17, 15) is 0 Å². The third-order valence-electron chi connectivity index (χ3n) is 4.19. The fourth-order valence-electron chi connectivity index (χ4n) is 3.29. The Morgan fingerprint density at radius 1 is 1.39 bits per heavy atom. The van der Waals surface area contributed by atoms with E-state index in [-0.39, 0.29) is 6.10 Å². The topological polar surface area (TPSA) is 60.2 Å². The number of ether oxygens (including phenoxy) is 1. The highest BCUT2D eigenvalue weighted by molar-refractivity contribution is 5.10. The number of rotatable bonds is 4. The van der Waals surface area contributed by atoms with Crippen LogP contribution in [0.5, 0.6) is 0 Å². The molecule has 1 aromatic heterocycles. The summed E-state index contributed by atoms with van der Waals surface area (Å²) >= 11 is 0. The van der Waals surface area contributed by atoms with Gasteiger partial charge in [0.15, 0.2) is 0 Å². The minimum absolute atomic E-state index is 0.0750. The maximum Gasteiger partial charge on any atom is 0.231 e. The first kappa shape index (κ1) is 12.1. The summed E-state index contributed by atoms with van der Waals surface area (Å²) in [5.41, 5.74) is 0. The Morgan fingerprint density at radius 2 is 2.22 bits per heavy atom. The van der Waals surface area contributed by atoms with Gasteiger partial charge in [-0.2, -0.15) is 4.98 Å². The molecule has 2 aliphatic rings. The number of nitrogens with one attached hydrogen (secondary N) is 1. The number of hydrogen-bond donors (Lipinski definition) is 1. The smallest absolute Gasteiger partial charge is 0.231 e. The molecule has 2 bridgehead atoms. The highest BCUT2D eigenvalue weighted by atomic mass is 16.5. The van der Waals surface area contributed by atoms with Crippen LogP contribution < -0.4 is 5.32 Å². The highest BCUT2D eigenvalue weighted by Gasteiger charge is 2.42. The zero-order valence-corrected chi connectivity index (χ0v) is 11.2. The predicted octanol–water partition coefficient (Wildman–Crippen LogP) is 2.02. The van der Waals surface area contributed by atoms with E-state index >= 15 is 0 Å². The maximum absolute atomic E-state index is 5.45. The summed E-state index contributed by atoms with van der Waals surface area (Å²) in [6, 6.07) is 1.18. The van der Waals surface area contributed by atoms with Gasteiger partial charge in [0.2, 0.25) is 11.7 Å². The fraction of sp³-hybridized carbons (Fsp3) is 0.846. The Hall–Kier alpha value is -0.940. The highest BCUT2D eigenvalue weighted by Crippen LogP contribution is 2.39. The Kier molecular flexibility index (Phi) is 3.11. The molecule has 0 aliphatic carbocycles. The van der Waals surface area contributed by atoms with Gasteiger partial charge in [0.1, 0.15) is 6.10 Å². The lowest BCUT2D eigenvalue weighted by molar-refractivity contribution is 0.0555. The minimum Gasteiger partial charge on any atom is -0.373 e. The summed E-state index contributed by atoms with van der Waals surface area (Å²) in [4.78, 5) is 4.56. The van der Waals surface area contributed by atoms with Crippen molar-refractivity contribution >= 4 is 0 Å². The van der Waals surface area contributed by atoms with Gasteiger partial charge in [-0.25, -0.2) is 0 Å². The van der Waals surface area contributed by atoms with Crippen LogP contribution >= 0.6 is 0 Å². The average molecular weight is 251 g/mol. The van der Waals surface area contributed by atoms with Gasteiger partial charge in [-0.3, -0.25) is 0 Å². The van der Waals surface area contributed by atoms with Crippen molar-refractivity contribution in [2.24, 2.45) is 5.92 Å². The van der Waals surface area contributed by atoms with Crippen molar-refractivity contribution in [3.8, 4) is 0 Å². The van der Waals surface area contributed by atoms with Gasteiger partial charge in [0.05, 0.1) is 5.92 Å². The zero-order chi connectivity index (χ0) is 12.7. The molecule has 1 N–H and O–H groups in total. The van der Waals surface area contributed by atoms with Crippen molar-refractivity contribution in [3.05, 3.63) is 11.7 Å². The van der Waals surface area contributed by atoms with Gasteiger partial charge in [0.25, 0.3) is 0 Å². The number of hydrogen-bond acceptors (Lipinski definition) is 5. The number of nitrogens with zero attached hydrogens (tertiary/aromatic N) is 2. The molecule has 5 nitrogen and oxygen atoms in total. The lowest BCUT2D eigenvalue weighted by atomic mass is 9.89. The van der Waals surface area contributed by atoms with Gasteiger partial charge < -0.3 is 14.6 Å². The van der Waals surface area contributed by atoms with Crippen LogP contribution in [0.15, 0.2) is 4.52 Å². The monoisotopic (exact) mass is 251 g/mol. The van der Waals surface area contributed by atoms with E-state index in [0.29, 0.717) is 29.7 Å². The standard InChI is InChI=1S/C13H21N3O2/c1-7(2)11(17-3)12-15-13(18-16-12)9-6-8-4-5-10(9)14-8/h7-11,14H,4-6H2,1-3H3. The van der Waals surface area contributed by atoms with E-state index in [2.05, 4.69) is 29.3 Å². The first-order valence-corrected chi connectivity index (χ1v) is 6.81. The normalized spacial score (nSPS) is 32.3. The average Bonchev–Trinajstić information content (AvgIpc) is 3.04. The molecular formula is C13H21N3O2. The quantitative estimate of drug-likeness (QED) is 0.887. The van der Waals surface area contributed by atoms with Crippen molar-refractivity contribution in [1.82, 2.24) is 15.5 Å². The van der Waals surface area contributed by atoms with E-state index in [1.165, 1.54) is 12.8 Å². The molecule has 3 heterocycles. The second kappa shape index (κ2) is 4.63. The van der Waals surface area contributed by atoms with Crippen molar-refractivity contribution < 1.29 is 9.26 Å². The summed E-state index contributed by atoms with van der Waals surface area (Å²) in [5, 5.41) is 7.69. The number of methoxy groups -OCH3 is 1. The summed E-state index contributed by atoms with van der Waals surface area (Å²) < 4.78 is 10.9. The molecule has 4 atom stereocenters. The Labute approximate surface area is 107 Å². The molecule has 0 radical (unpaired) electrons. The molecular weight excluding hydrogens is 230 g/mol. The lowest BCUT2D eigenvalue weighted by Gasteiger charge is -2.16. The number of fused-ring (bicyclic) bond motifs is 2. The van der Waals surface area contributed by atoms with E-state index in [4.69, 9.17) is 9.26 Å². The predicted molar refractivity (Wildman–Crippen MR) is 66.2 cm³/mol.